The molecule has 0 aliphatic carbocycles. The van der Waals surface area contributed by atoms with Gasteiger partial charge in [-0.2, -0.15) is 17.6 Å². The SMILES string of the molecule is CNC(=O)c1cc(Oc2ccc(Cl)c(NC(=O)Nc3ccc4c(c3)OC(F)(F)C(F)(F)O4)c2)ccn1.CNC(=O)c1cc(Oc2ccc(Cl)c(NC(=O)Nc3ccc4c(c3)OC(F)(F)O4)c2)ccn1. The van der Waals surface area contributed by atoms with Crippen LogP contribution in [0.4, 0.5) is 58.7 Å². The van der Waals surface area contributed by atoms with Crippen LogP contribution in [0, 0.1) is 0 Å². The number of fused-ring (bicyclic) bond motifs is 2. The molecular formula is C43H30Cl2F6N8O10. The van der Waals surface area contributed by atoms with Crippen molar-refractivity contribution in [2.24, 2.45) is 0 Å². The number of hydrogen-bond acceptors (Lipinski definition) is 12. The van der Waals surface area contributed by atoms with Crippen LogP contribution >= 0.6 is 23.2 Å². The second-order valence-electron chi connectivity index (χ2n) is 13.8. The molecule has 2 aromatic heterocycles. The molecule has 4 heterocycles. The van der Waals surface area contributed by atoms with Crippen molar-refractivity contribution in [2.75, 3.05) is 35.4 Å². The first kappa shape index (κ1) is 48.6. The van der Waals surface area contributed by atoms with Gasteiger partial charge >= 0.3 is 30.6 Å². The highest BCUT2D eigenvalue weighted by Crippen LogP contribution is 2.48. The van der Waals surface area contributed by atoms with E-state index in [1.807, 2.05) is 0 Å². The van der Waals surface area contributed by atoms with Crippen LogP contribution < -0.4 is 60.3 Å². The highest BCUT2D eigenvalue weighted by atomic mass is 35.5. The summed E-state index contributed by atoms with van der Waals surface area (Å²) in [6.45, 7) is 0. The van der Waals surface area contributed by atoms with Gasteiger partial charge in [-0.1, -0.05) is 23.2 Å². The number of ether oxygens (including phenoxy) is 6. The molecule has 0 unspecified atom stereocenters. The summed E-state index contributed by atoms with van der Waals surface area (Å²) >= 11 is 12.3. The lowest BCUT2D eigenvalue weighted by Gasteiger charge is -2.31. The van der Waals surface area contributed by atoms with Gasteiger partial charge in [-0.15, -0.1) is 8.78 Å². The maximum absolute atomic E-state index is 13.4. The fourth-order valence-corrected chi connectivity index (χ4v) is 6.12. The summed E-state index contributed by atoms with van der Waals surface area (Å²) in [6, 6.07) is 20.1. The summed E-state index contributed by atoms with van der Waals surface area (Å²) in [5, 5.41) is 15.1. The minimum atomic E-state index is -4.90. The monoisotopic (exact) mass is 1000 g/mol. The zero-order valence-corrected chi connectivity index (χ0v) is 36.4. The van der Waals surface area contributed by atoms with Gasteiger partial charge in [0.2, 0.25) is 0 Å². The zero-order chi connectivity index (χ0) is 49.7. The van der Waals surface area contributed by atoms with Gasteiger partial charge in [0.05, 0.1) is 21.4 Å². The van der Waals surface area contributed by atoms with Gasteiger partial charge in [0.25, 0.3) is 11.8 Å². The average molecular weight is 1000 g/mol. The van der Waals surface area contributed by atoms with Crippen LogP contribution in [0.5, 0.6) is 46.0 Å². The number of rotatable bonds is 10. The molecule has 0 saturated carbocycles. The molecule has 0 saturated heterocycles. The number of nitrogens with zero attached hydrogens (tertiary/aromatic N) is 2. The summed E-state index contributed by atoms with van der Waals surface area (Å²) in [7, 11) is 2.94. The number of halogens is 8. The molecule has 4 aromatic carbocycles. The summed E-state index contributed by atoms with van der Waals surface area (Å²) in [4.78, 5) is 56.2. The van der Waals surface area contributed by atoms with Crippen molar-refractivity contribution in [2.45, 2.75) is 18.5 Å². The molecular weight excluding hydrogens is 973 g/mol. The second-order valence-corrected chi connectivity index (χ2v) is 14.6. The Hall–Kier alpha value is -8.38. The van der Waals surface area contributed by atoms with Crippen LogP contribution in [-0.4, -0.2) is 66.5 Å². The molecule has 0 radical (unpaired) electrons. The zero-order valence-electron chi connectivity index (χ0n) is 34.9. The number of anilines is 4. The van der Waals surface area contributed by atoms with Crippen molar-refractivity contribution in [1.29, 1.82) is 0 Å². The third kappa shape index (κ3) is 12.0. The molecule has 18 nitrogen and oxygen atoms in total. The predicted molar refractivity (Wildman–Crippen MR) is 234 cm³/mol. The van der Waals surface area contributed by atoms with E-state index in [1.165, 1.54) is 93.2 Å². The van der Waals surface area contributed by atoms with E-state index in [0.29, 0.717) is 17.2 Å². The van der Waals surface area contributed by atoms with E-state index in [4.69, 9.17) is 32.7 Å². The number of aromatic nitrogens is 2. The first-order chi connectivity index (χ1) is 32.7. The van der Waals surface area contributed by atoms with Gasteiger partial charge in [0, 0.05) is 74.3 Å². The first-order valence-corrected chi connectivity index (χ1v) is 20.1. The van der Waals surface area contributed by atoms with Gasteiger partial charge in [0.1, 0.15) is 34.4 Å². The fraction of sp³-hybridized carbons (Fsp3) is 0.116. The van der Waals surface area contributed by atoms with Crippen molar-refractivity contribution >= 4 is 69.8 Å². The van der Waals surface area contributed by atoms with Gasteiger partial charge in [0.15, 0.2) is 23.0 Å². The Bertz CT molecular complexity index is 2980. The van der Waals surface area contributed by atoms with Crippen molar-refractivity contribution in [1.82, 2.24) is 20.6 Å². The molecule has 0 bridgehead atoms. The number of carbonyl (C=O) groups excluding carboxylic acids is 4. The molecule has 6 amide bonds. The molecule has 2 aliphatic rings. The number of nitrogens with one attached hydrogen (secondary N) is 6. The standard InChI is InChI=1S/C22H15ClF4N4O5.C21H15ClF2N4O5/c1-28-19(32)16-10-13(6-7-29-16)34-12-3-4-14(23)15(9-12)31-20(33)30-11-2-5-17-18(8-11)36-22(26,27)21(24,25)35-17;1-25-19(29)16-10-13(6-7-26-16)31-12-3-4-14(22)15(9-12)28-20(30)27-11-2-5-17-18(8-11)33-21(23,24)32-17/h2-10H,1H3,(H,28,32)(H2,30,31,33);2-10H,1H3,(H,25,29)(H2,27,28,30). The number of pyridine rings is 2. The lowest BCUT2D eigenvalue weighted by atomic mass is 10.2. The number of benzene rings is 4. The number of amides is 6. The molecule has 0 spiro atoms. The van der Waals surface area contributed by atoms with E-state index in [9.17, 15) is 45.5 Å². The minimum Gasteiger partial charge on any atom is -0.457 e. The van der Waals surface area contributed by atoms with Gasteiger partial charge < -0.3 is 60.3 Å². The van der Waals surface area contributed by atoms with Crippen molar-refractivity contribution < 1.29 is 73.9 Å². The second kappa shape index (κ2) is 19.8. The number of urea groups is 2. The lowest BCUT2D eigenvalue weighted by Crippen LogP contribution is -2.52. The summed E-state index contributed by atoms with van der Waals surface area (Å²) < 4.78 is 108. The smallest absolute Gasteiger partial charge is 0.457 e. The Morgan fingerprint density at radius 3 is 1.33 bits per heavy atom. The van der Waals surface area contributed by atoms with Crippen LogP contribution in [-0.2, 0) is 0 Å². The van der Waals surface area contributed by atoms with E-state index >= 15 is 0 Å². The predicted octanol–water partition coefficient (Wildman–Crippen LogP) is 10.3. The van der Waals surface area contributed by atoms with Crippen LogP contribution in [0.2, 0.25) is 10.0 Å². The molecule has 6 N–H and O–H groups in total. The van der Waals surface area contributed by atoms with E-state index in [-0.39, 0.29) is 67.3 Å². The fourth-order valence-electron chi connectivity index (χ4n) is 5.79. The molecule has 26 heteroatoms. The lowest BCUT2D eigenvalue weighted by molar-refractivity contribution is -0.391. The average Bonchev–Trinajstić information content (AvgIpc) is 3.61. The van der Waals surface area contributed by atoms with E-state index in [0.717, 1.165) is 18.2 Å². The number of alkyl halides is 6. The highest BCUT2D eigenvalue weighted by molar-refractivity contribution is 6.34. The van der Waals surface area contributed by atoms with Crippen molar-refractivity contribution in [3.05, 3.63) is 131 Å². The number of carbonyl (C=O) groups is 4. The Morgan fingerprint density at radius 2 is 0.884 bits per heavy atom. The van der Waals surface area contributed by atoms with Gasteiger partial charge in [-0.05, 0) is 60.7 Å². The Kier molecular flexibility index (Phi) is 14.0. The molecule has 358 valence electrons. The summed E-state index contributed by atoms with van der Waals surface area (Å²) in [5.74, 6) is -1.23. The largest absolute Gasteiger partial charge is 0.586 e. The topological polar surface area (TPSA) is 222 Å². The van der Waals surface area contributed by atoms with Crippen LogP contribution in [0.1, 0.15) is 21.0 Å². The van der Waals surface area contributed by atoms with Crippen molar-refractivity contribution in [3.8, 4) is 46.0 Å². The third-order valence-corrected chi connectivity index (χ3v) is 9.56. The maximum Gasteiger partial charge on any atom is 0.586 e. The molecule has 2 aliphatic heterocycles. The highest BCUT2D eigenvalue weighted by Gasteiger charge is 2.66. The van der Waals surface area contributed by atoms with Gasteiger partial charge in [-0.3, -0.25) is 19.6 Å². The maximum atomic E-state index is 13.4. The van der Waals surface area contributed by atoms with Crippen LogP contribution in [0.15, 0.2) is 109 Å². The summed E-state index contributed by atoms with van der Waals surface area (Å²) in [5.41, 5.74) is 0.772. The van der Waals surface area contributed by atoms with E-state index < -0.39 is 48.0 Å². The quantitative estimate of drug-likeness (QED) is 0.0706. The molecule has 8 rings (SSSR count). The number of hydrogen-bond donors (Lipinski definition) is 6. The Labute approximate surface area is 394 Å². The van der Waals surface area contributed by atoms with Crippen molar-refractivity contribution in [3.63, 3.8) is 0 Å². The Balaban J connectivity index is 0.000000205. The molecule has 0 atom stereocenters. The minimum absolute atomic E-state index is 0.0575. The Morgan fingerprint density at radius 1 is 0.493 bits per heavy atom. The molecule has 6 aromatic rings. The molecule has 69 heavy (non-hydrogen) atoms. The van der Waals surface area contributed by atoms with Crippen LogP contribution in [0.3, 0.4) is 0 Å². The van der Waals surface area contributed by atoms with Crippen LogP contribution in [0.25, 0.3) is 0 Å². The summed E-state index contributed by atoms with van der Waals surface area (Å²) in [6.07, 6.45) is -10.7. The third-order valence-electron chi connectivity index (χ3n) is 8.90. The van der Waals surface area contributed by atoms with E-state index in [2.05, 4.69) is 60.8 Å². The van der Waals surface area contributed by atoms with E-state index in [1.54, 1.807) is 12.1 Å². The normalized spacial score (nSPS) is 14.1. The van der Waals surface area contributed by atoms with Gasteiger partial charge in [-0.25, -0.2) is 9.59 Å². The molecule has 0 fully saturated rings. The first-order valence-electron chi connectivity index (χ1n) is 19.3.